The fraction of sp³-hybridized carbons (Fsp3) is 0. The van der Waals surface area contributed by atoms with Crippen molar-refractivity contribution in [1.29, 1.82) is 0 Å². The van der Waals surface area contributed by atoms with Gasteiger partial charge in [0.1, 0.15) is 0 Å². The molecule has 284 valence electrons. The molecule has 61 heavy (non-hydrogen) atoms. The van der Waals surface area contributed by atoms with Gasteiger partial charge in [-0.3, -0.25) is 0 Å². The minimum absolute atomic E-state index is 0.619. The Hall–Kier alpha value is -8.21. The highest BCUT2D eigenvalue weighted by atomic mass is 15.0. The van der Waals surface area contributed by atoms with Crippen LogP contribution in [0.4, 0.5) is 0 Å². The number of fused-ring (bicyclic) bond motifs is 6. The molecule has 10 aromatic carbocycles. The molecule has 0 fully saturated rings. The van der Waals surface area contributed by atoms with E-state index in [0.717, 1.165) is 71.6 Å². The summed E-state index contributed by atoms with van der Waals surface area (Å²) in [4.78, 5) is 15.9. The van der Waals surface area contributed by atoms with E-state index in [2.05, 4.69) is 205 Å². The monoisotopic (exact) mass is 776 g/mol. The summed E-state index contributed by atoms with van der Waals surface area (Å²) >= 11 is 0. The van der Waals surface area contributed by atoms with Crippen molar-refractivity contribution < 1.29 is 0 Å². The van der Waals surface area contributed by atoms with Gasteiger partial charge in [-0.2, -0.15) is 0 Å². The lowest BCUT2D eigenvalue weighted by Gasteiger charge is -2.20. The van der Waals surface area contributed by atoms with Gasteiger partial charge in [-0.05, 0) is 74.0 Å². The normalized spacial score (nSPS) is 11.6. The highest BCUT2D eigenvalue weighted by Gasteiger charge is 2.23. The van der Waals surface area contributed by atoms with Gasteiger partial charge in [0.2, 0.25) is 0 Å². The van der Waals surface area contributed by atoms with Gasteiger partial charge in [0.15, 0.2) is 17.5 Å². The van der Waals surface area contributed by atoms with Gasteiger partial charge < -0.3 is 4.57 Å². The molecule has 0 aliphatic carbocycles. The SMILES string of the molecule is c1ccc(-c2cccc(-c3cc(-c4nc(-c5ccccc5)nc(-c5cccc6ccccc56)n4)c4ccccc4c3-n3c4ccccc4c4cc5ccccc5cc43)c2)cc1. The molecule has 0 radical (unpaired) electrons. The van der Waals surface area contributed by atoms with E-state index in [1.165, 1.54) is 27.1 Å². The van der Waals surface area contributed by atoms with Crippen LogP contribution >= 0.6 is 0 Å². The fourth-order valence-corrected chi connectivity index (χ4v) is 9.15. The van der Waals surface area contributed by atoms with Crippen LogP contribution in [-0.2, 0) is 0 Å². The molecular weight excluding hydrogens is 741 g/mol. The van der Waals surface area contributed by atoms with E-state index in [0.29, 0.717) is 17.5 Å². The van der Waals surface area contributed by atoms with Crippen LogP contribution in [0, 0.1) is 0 Å². The van der Waals surface area contributed by atoms with Crippen LogP contribution < -0.4 is 0 Å². The summed E-state index contributed by atoms with van der Waals surface area (Å²) in [5, 5.41) is 9.25. The van der Waals surface area contributed by atoms with Gasteiger partial charge in [0.05, 0.1) is 16.7 Å². The number of benzene rings is 10. The van der Waals surface area contributed by atoms with E-state index in [4.69, 9.17) is 15.0 Å². The van der Waals surface area contributed by atoms with Crippen molar-refractivity contribution in [3.8, 4) is 62.1 Å². The average molecular weight is 777 g/mol. The molecule has 4 nitrogen and oxygen atoms in total. The maximum absolute atomic E-state index is 5.40. The molecule has 0 saturated carbocycles. The largest absolute Gasteiger partial charge is 0.308 e. The van der Waals surface area contributed by atoms with Crippen molar-refractivity contribution in [2.45, 2.75) is 0 Å². The summed E-state index contributed by atoms with van der Waals surface area (Å²) in [6, 6.07) is 77.7. The fourth-order valence-electron chi connectivity index (χ4n) is 9.15. The third-order valence-corrected chi connectivity index (χ3v) is 12.0. The van der Waals surface area contributed by atoms with Crippen LogP contribution in [0.5, 0.6) is 0 Å². The van der Waals surface area contributed by atoms with Crippen LogP contribution in [0.3, 0.4) is 0 Å². The maximum Gasteiger partial charge on any atom is 0.164 e. The summed E-state index contributed by atoms with van der Waals surface area (Å²) in [5.74, 6) is 1.88. The van der Waals surface area contributed by atoms with E-state index in [1.807, 2.05) is 18.2 Å². The highest BCUT2D eigenvalue weighted by Crippen LogP contribution is 2.45. The van der Waals surface area contributed by atoms with Gasteiger partial charge in [0, 0.05) is 38.4 Å². The van der Waals surface area contributed by atoms with E-state index in [-0.39, 0.29) is 0 Å². The summed E-state index contributed by atoms with van der Waals surface area (Å²) in [6.45, 7) is 0. The molecule has 0 aliphatic rings. The Labute approximate surface area is 352 Å². The summed E-state index contributed by atoms with van der Waals surface area (Å²) in [6.07, 6.45) is 0. The Bertz CT molecular complexity index is 3640. The third-order valence-electron chi connectivity index (χ3n) is 12.0. The molecule has 2 heterocycles. The minimum atomic E-state index is 0.619. The molecule has 0 unspecified atom stereocenters. The van der Waals surface area contributed by atoms with Gasteiger partial charge in [-0.15, -0.1) is 0 Å². The first-order valence-corrected chi connectivity index (χ1v) is 20.7. The topological polar surface area (TPSA) is 43.6 Å². The Kier molecular flexibility index (Phi) is 8.13. The van der Waals surface area contributed by atoms with Gasteiger partial charge in [0.25, 0.3) is 0 Å². The standard InChI is InChI=1S/C57H36N4/c1-3-17-37(18-4-1)40-25-15-26-43(33-40)49-36-51(57-59-55(39-20-5-2-6-21-39)58-56(60-57)48-31-16-24-38-19-9-10-27-44(38)48)45-28-11-12-30-47(45)54(49)61-52-32-14-13-29-46(52)50-34-41-22-7-8-23-42(41)35-53(50)61/h1-36H. The molecule has 0 amide bonds. The van der Waals surface area contributed by atoms with E-state index < -0.39 is 0 Å². The zero-order valence-corrected chi connectivity index (χ0v) is 33.1. The Morgan fingerprint density at radius 2 is 0.803 bits per heavy atom. The Morgan fingerprint density at radius 3 is 1.59 bits per heavy atom. The second-order valence-electron chi connectivity index (χ2n) is 15.6. The number of aromatic nitrogens is 4. The number of para-hydroxylation sites is 1. The lowest BCUT2D eigenvalue weighted by Crippen LogP contribution is -2.04. The van der Waals surface area contributed by atoms with Crippen molar-refractivity contribution in [2.75, 3.05) is 0 Å². The first kappa shape index (κ1) is 34.8. The van der Waals surface area contributed by atoms with Gasteiger partial charge in [-0.1, -0.05) is 188 Å². The van der Waals surface area contributed by atoms with Crippen LogP contribution in [0.15, 0.2) is 218 Å². The molecule has 0 spiro atoms. The maximum atomic E-state index is 5.40. The lowest BCUT2D eigenvalue weighted by atomic mass is 9.92. The second kappa shape index (κ2) is 14.3. The molecule has 12 aromatic rings. The summed E-state index contributed by atoms with van der Waals surface area (Å²) in [7, 11) is 0. The predicted molar refractivity (Wildman–Crippen MR) is 254 cm³/mol. The van der Waals surface area contributed by atoms with Crippen LogP contribution in [-0.4, -0.2) is 19.5 Å². The zero-order valence-electron chi connectivity index (χ0n) is 33.1. The zero-order chi connectivity index (χ0) is 40.3. The third kappa shape index (κ3) is 5.88. The first-order valence-electron chi connectivity index (χ1n) is 20.7. The van der Waals surface area contributed by atoms with Gasteiger partial charge in [-0.25, -0.2) is 15.0 Å². The molecule has 12 rings (SSSR count). The van der Waals surface area contributed by atoms with Crippen LogP contribution in [0.1, 0.15) is 0 Å². The molecule has 4 heteroatoms. The molecule has 0 N–H and O–H groups in total. The number of hydrogen-bond donors (Lipinski definition) is 0. The van der Waals surface area contributed by atoms with Crippen molar-refractivity contribution in [3.63, 3.8) is 0 Å². The van der Waals surface area contributed by atoms with Crippen LogP contribution in [0.2, 0.25) is 0 Å². The minimum Gasteiger partial charge on any atom is -0.308 e. The molecule has 0 atom stereocenters. The van der Waals surface area contributed by atoms with Crippen molar-refractivity contribution in [2.24, 2.45) is 0 Å². The quantitative estimate of drug-likeness (QED) is 0.169. The van der Waals surface area contributed by atoms with Crippen molar-refractivity contribution >= 4 is 54.1 Å². The summed E-state index contributed by atoms with van der Waals surface area (Å²) < 4.78 is 2.48. The average Bonchev–Trinajstić information content (AvgIpc) is 3.65. The predicted octanol–water partition coefficient (Wildman–Crippen LogP) is 14.8. The molecule has 0 bridgehead atoms. The number of hydrogen-bond acceptors (Lipinski definition) is 3. The van der Waals surface area contributed by atoms with Crippen molar-refractivity contribution in [3.05, 3.63) is 218 Å². The lowest BCUT2D eigenvalue weighted by molar-refractivity contribution is 1.08. The highest BCUT2D eigenvalue weighted by molar-refractivity contribution is 6.16. The first-order chi connectivity index (χ1) is 30.2. The smallest absolute Gasteiger partial charge is 0.164 e. The van der Waals surface area contributed by atoms with E-state index in [1.54, 1.807) is 0 Å². The summed E-state index contributed by atoms with van der Waals surface area (Å²) in [5.41, 5.74) is 10.7. The van der Waals surface area contributed by atoms with Gasteiger partial charge >= 0.3 is 0 Å². The Morgan fingerprint density at radius 1 is 0.262 bits per heavy atom. The Balaban J connectivity index is 1.21. The molecule has 0 aliphatic heterocycles. The van der Waals surface area contributed by atoms with E-state index >= 15 is 0 Å². The molecular formula is C57H36N4. The second-order valence-corrected chi connectivity index (χ2v) is 15.6. The van der Waals surface area contributed by atoms with E-state index in [9.17, 15) is 0 Å². The van der Waals surface area contributed by atoms with Crippen molar-refractivity contribution in [1.82, 2.24) is 19.5 Å². The number of rotatable bonds is 6. The number of nitrogens with zero attached hydrogens (tertiary/aromatic N) is 4. The van der Waals surface area contributed by atoms with Crippen LogP contribution in [0.25, 0.3) is 116 Å². The molecule has 0 saturated heterocycles. The molecule has 2 aromatic heterocycles.